The maximum Gasteiger partial charge on any atom is 0.207 e. The van der Waals surface area contributed by atoms with E-state index in [1.165, 1.54) is 6.08 Å². The van der Waals surface area contributed by atoms with Gasteiger partial charge in [0.15, 0.2) is 0 Å². The zero-order valence-corrected chi connectivity index (χ0v) is 7.26. The van der Waals surface area contributed by atoms with Crippen LogP contribution in [0.3, 0.4) is 0 Å². The van der Waals surface area contributed by atoms with Crippen molar-refractivity contribution in [3.63, 3.8) is 0 Å². The van der Waals surface area contributed by atoms with Crippen molar-refractivity contribution in [2.75, 3.05) is 6.61 Å². The highest BCUT2D eigenvalue weighted by atomic mass is 16.3. The molecule has 0 aliphatic heterocycles. The third kappa shape index (κ3) is 4.02. The van der Waals surface area contributed by atoms with E-state index in [1.807, 2.05) is 0 Å². The number of hydrogen-bond donors (Lipinski definition) is 4. The van der Waals surface area contributed by atoms with Crippen LogP contribution in [0.2, 0.25) is 0 Å². The number of aliphatic hydroxyl groups is 3. The molecule has 0 unspecified atom stereocenters. The highest BCUT2D eigenvalue weighted by Gasteiger charge is 2.24. The van der Waals surface area contributed by atoms with E-state index in [9.17, 15) is 15.0 Å². The molecule has 3 atom stereocenters. The number of aliphatic hydroxyl groups excluding tert-OH is 3. The fourth-order valence-electron chi connectivity index (χ4n) is 0.988. The van der Waals surface area contributed by atoms with Crippen LogP contribution in [-0.4, -0.2) is 46.6 Å². The standard InChI is InChI=1S/C8H15NO4/c1-2-3-6(12)8(9-5-11)7(13)4-10/h2,5-8,10,12-13H,1,3-4H2,(H,9,11)/t6-,7-,8+/m1/s1. The lowest BCUT2D eigenvalue weighted by Gasteiger charge is -2.24. The minimum Gasteiger partial charge on any atom is -0.394 e. The highest BCUT2D eigenvalue weighted by Crippen LogP contribution is 2.04. The monoisotopic (exact) mass is 189 g/mol. The van der Waals surface area contributed by atoms with Crippen molar-refractivity contribution in [2.24, 2.45) is 0 Å². The summed E-state index contributed by atoms with van der Waals surface area (Å²) in [5.41, 5.74) is 0. The molecule has 0 rings (SSSR count). The Morgan fingerprint density at radius 2 is 2.00 bits per heavy atom. The number of rotatable bonds is 7. The van der Waals surface area contributed by atoms with Gasteiger partial charge in [-0.1, -0.05) is 6.08 Å². The maximum absolute atomic E-state index is 10.1. The Labute approximate surface area is 76.7 Å². The van der Waals surface area contributed by atoms with E-state index in [0.717, 1.165) is 0 Å². The zero-order valence-electron chi connectivity index (χ0n) is 7.26. The van der Waals surface area contributed by atoms with Gasteiger partial charge in [-0.25, -0.2) is 0 Å². The van der Waals surface area contributed by atoms with Gasteiger partial charge in [0, 0.05) is 0 Å². The molecule has 0 radical (unpaired) electrons. The van der Waals surface area contributed by atoms with Crippen LogP contribution in [0.4, 0.5) is 0 Å². The van der Waals surface area contributed by atoms with Gasteiger partial charge in [-0.15, -0.1) is 6.58 Å². The second-order valence-electron chi connectivity index (χ2n) is 2.65. The molecule has 0 heterocycles. The largest absolute Gasteiger partial charge is 0.394 e. The summed E-state index contributed by atoms with van der Waals surface area (Å²) in [5.74, 6) is 0. The van der Waals surface area contributed by atoms with Crippen molar-refractivity contribution in [3.05, 3.63) is 12.7 Å². The van der Waals surface area contributed by atoms with E-state index in [0.29, 0.717) is 6.41 Å². The van der Waals surface area contributed by atoms with E-state index in [-0.39, 0.29) is 6.42 Å². The summed E-state index contributed by atoms with van der Waals surface area (Å²) in [4.78, 5) is 10.1. The summed E-state index contributed by atoms with van der Waals surface area (Å²) < 4.78 is 0. The first-order chi connectivity index (χ1) is 6.17. The second kappa shape index (κ2) is 6.59. The quantitative estimate of drug-likeness (QED) is 0.286. The number of hydrogen-bond acceptors (Lipinski definition) is 4. The molecule has 0 saturated heterocycles. The predicted octanol–water partition coefficient (Wildman–Crippen LogP) is -1.61. The molecule has 1 amide bonds. The van der Waals surface area contributed by atoms with Crippen molar-refractivity contribution in [3.8, 4) is 0 Å². The molecule has 13 heavy (non-hydrogen) atoms. The molecule has 0 aliphatic carbocycles. The van der Waals surface area contributed by atoms with Gasteiger partial charge in [0.2, 0.25) is 6.41 Å². The van der Waals surface area contributed by atoms with E-state index in [4.69, 9.17) is 5.11 Å². The molecule has 0 aromatic carbocycles. The fourth-order valence-corrected chi connectivity index (χ4v) is 0.988. The van der Waals surface area contributed by atoms with Crippen LogP contribution >= 0.6 is 0 Å². The molecule has 76 valence electrons. The van der Waals surface area contributed by atoms with Crippen LogP contribution in [0.15, 0.2) is 12.7 Å². The summed E-state index contributed by atoms with van der Waals surface area (Å²) in [5, 5.41) is 29.4. The zero-order chi connectivity index (χ0) is 10.3. The highest BCUT2D eigenvalue weighted by molar-refractivity contribution is 5.47. The van der Waals surface area contributed by atoms with Gasteiger partial charge in [-0.3, -0.25) is 4.79 Å². The number of carbonyl (C=O) groups excluding carboxylic acids is 1. The molecular formula is C8H15NO4. The van der Waals surface area contributed by atoms with Crippen molar-refractivity contribution in [1.29, 1.82) is 0 Å². The predicted molar refractivity (Wildman–Crippen MR) is 46.9 cm³/mol. The third-order valence-corrected chi connectivity index (χ3v) is 1.68. The Kier molecular flexibility index (Phi) is 6.13. The number of carbonyl (C=O) groups is 1. The molecular weight excluding hydrogens is 174 g/mol. The van der Waals surface area contributed by atoms with Crippen LogP contribution in [-0.2, 0) is 4.79 Å². The van der Waals surface area contributed by atoms with E-state index < -0.39 is 24.9 Å². The van der Waals surface area contributed by atoms with Gasteiger partial charge in [0.1, 0.15) is 0 Å². The van der Waals surface area contributed by atoms with Crippen molar-refractivity contribution in [2.45, 2.75) is 24.7 Å². The average molecular weight is 189 g/mol. The summed E-state index contributed by atoms with van der Waals surface area (Å²) in [6.45, 7) is 2.89. The smallest absolute Gasteiger partial charge is 0.207 e. The Balaban J connectivity index is 4.20. The van der Waals surface area contributed by atoms with Crippen LogP contribution < -0.4 is 5.32 Å². The molecule has 0 aromatic heterocycles. The summed E-state index contributed by atoms with van der Waals surface area (Å²) in [6, 6.07) is -0.861. The van der Waals surface area contributed by atoms with Crippen LogP contribution in [0.5, 0.6) is 0 Å². The molecule has 4 N–H and O–H groups in total. The molecule has 0 fully saturated rings. The summed E-state index contributed by atoms with van der Waals surface area (Å²) in [7, 11) is 0. The number of amides is 1. The molecule has 0 bridgehead atoms. The van der Waals surface area contributed by atoms with Crippen molar-refractivity contribution >= 4 is 6.41 Å². The molecule has 0 saturated carbocycles. The van der Waals surface area contributed by atoms with Gasteiger partial charge < -0.3 is 20.6 Å². The first kappa shape index (κ1) is 12.1. The molecule has 0 aliphatic rings. The normalized spacial score (nSPS) is 17.2. The lowest BCUT2D eigenvalue weighted by atomic mass is 10.0. The summed E-state index contributed by atoms with van der Waals surface area (Å²) >= 11 is 0. The lowest BCUT2D eigenvalue weighted by Crippen LogP contribution is -2.49. The maximum atomic E-state index is 10.1. The van der Waals surface area contributed by atoms with Gasteiger partial charge in [0.05, 0.1) is 24.9 Å². The van der Waals surface area contributed by atoms with E-state index >= 15 is 0 Å². The Bertz CT molecular complexity index is 162. The SMILES string of the molecule is C=CC[C@@H](O)[C@H](NC=O)[C@H](O)CO. The van der Waals surface area contributed by atoms with Gasteiger partial charge in [-0.05, 0) is 6.42 Å². The molecule has 0 spiro atoms. The molecule has 5 heteroatoms. The second-order valence-corrected chi connectivity index (χ2v) is 2.65. The van der Waals surface area contributed by atoms with Crippen LogP contribution in [0, 0.1) is 0 Å². The van der Waals surface area contributed by atoms with Crippen molar-refractivity contribution in [1.82, 2.24) is 5.32 Å². The van der Waals surface area contributed by atoms with E-state index in [1.54, 1.807) is 0 Å². The van der Waals surface area contributed by atoms with Gasteiger partial charge >= 0.3 is 0 Å². The fraction of sp³-hybridized carbons (Fsp3) is 0.625. The Morgan fingerprint density at radius 3 is 2.38 bits per heavy atom. The van der Waals surface area contributed by atoms with Gasteiger partial charge in [-0.2, -0.15) is 0 Å². The number of nitrogens with one attached hydrogen (secondary N) is 1. The first-order valence-electron chi connectivity index (χ1n) is 3.95. The van der Waals surface area contributed by atoms with Crippen LogP contribution in [0.1, 0.15) is 6.42 Å². The lowest BCUT2D eigenvalue weighted by molar-refractivity contribution is -0.112. The summed E-state index contributed by atoms with van der Waals surface area (Å²) in [6.07, 6.45) is -0.0304. The topological polar surface area (TPSA) is 89.8 Å². The minimum absolute atomic E-state index is 0.239. The molecule has 0 aromatic rings. The third-order valence-electron chi connectivity index (χ3n) is 1.68. The molecule has 5 nitrogen and oxygen atoms in total. The van der Waals surface area contributed by atoms with Gasteiger partial charge in [0.25, 0.3) is 0 Å². The average Bonchev–Trinajstić information content (AvgIpc) is 2.13. The van der Waals surface area contributed by atoms with Crippen molar-refractivity contribution < 1.29 is 20.1 Å². The minimum atomic E-state index is -1.17. The van der Waals surface area contributed by atoms with Crippen LogP contribution in [0.25, 0.3) is 0 Å². The van der Waals surface area contributed by atoms with E-state index in [2.05, 4.69) is 11.9 Å². The Hall–Kier alpha value is -0.910. The first-order valence-corrected chi connectivity index (χ1v) is 3.95. The Morgan fingerprint density at radius 1 is 1.38 bits per heavy atom.